The van der Waals surface area contributed by atoms with Crippen molar-refractivity contribution in [3.8, 4) is 0 Å². The Morgan fingerprint density at radius 1 is 1.39 bits per heavy atom. The summed E-state index contributed by atoms with van der Waals surface area (Å²) < 4.78 is 26.5. The Morgan fingerprint density at radius 2 is 2.13 bits per heavy atom. The fourth-order valence-electron chi connectivity index (χ4n) is 3.07. The first-order valence-electron chi connectivity index (χ1n) is 8.01. The third-order valence-corrected chi connectivity index (χ3v) is 4.87. The van der Waals surface area contributed by atoms with Gasteiger partial charge in [-0.1, -0.05) is 0 Å². The van der Waals surface area contributed by atoms with Gasteiger partial charge in [0.05, 0.1) is 24.5 Å². The Bertz CT molecular complexity index is 654. The number of carbonyl (C=O) groups is 1. The van der Waals surface area contributed by atoms with Gasteiger partial charge in [-0.2, -0.15) is 5.10 Å². The van der Waals surface area contributed by atoms with Crippen molar-refractivity contribution in [2.24, 2.45) is 0 Å². The molecule has 0 aromatic carbocycles. The maximum Gasteiger partial charge on any atom is 0.224 e. The van der Waals surface area contributed by atoms with Crippen molar-refractivity contribution in [2.45, 2.75) is 52.1 Å². The van der Waals surface area contributed by atoms with Crippen LogP contribution in [0.15, 0.2) is 6.07 Å². The number of rotatable bonds is 6. The first-order valence-corrected chi connectivity index (χ1v) is 9.90. The second kappa shape index (κ2) is 7.44. The van der Waals surface area contributed by atoms with E-state index in [1.54, 1.807) is 0 Å². The van der Waals surface area contributed by atoms with Crippen LogP contribution < -0.4 is 4.72 Å². The number of nitrogens with one attached hydrogen (secondary N) is 1. The van der Waals surface area contributed by atoms with Gasteiger partial charge in [0.1, 0.15) is 0 Å². The molecule has 1 fully saturated rings. The lowest BCUT2D eigenvalue weighted by Gasteiger charge is -2.36. The van der Waals surface area contributed by atoms with E-state index < -0.39 is 10.0 Å². The number of aromatic nitrogens is 2. The lowest BCUT2D eigenvalue weighted by molar-refractivity contribution is -0.135. The highest BCUT2D eigenvalue weighted by molar-refractivity contribution is 7.88. The van der Waals surface area contributed by atoms with Crippen molar-refractivity contribution >= 4 is 15.9 Å². The minimum absolute atomic E-state index is 0.00683. The van der Waals surface area contributed by atoms with Crippen LogP contribution in [0.1, 0.15) is 37.1 Å². The molecule has 0 radical (unpaired) electrons. The van der Waals surface area contributed by atoms with Crippen LogP contribution in [0.4, 0.5) is 0 Å². The Morgan fingerprint density at radius 3 is 2.74 bits per heavy atom. The van der Waals surface area contributed by atoms with Gasteiger partial charge < -0.3 is 4.90 Å². The minimum Gasteiger partial charge on any atom is -0.338 e. The van der Waals surface area contributed by atoms with Crippen LogP contribution in [0.3, 0.4) is 0 Å². The molecule has 1 saturated heterocycles. The summed E-state index contributed by atoms with van der Waals surface area (Å²) in [5, 5.41) is 4.48. The zero-order valence-electron chi connectivity index (χ0n) is 14.1. The molecule has 1 atom stereocenters. The summed E-state index contributed by atoms with van der Waals surface area (Å²) in [6.07, 6.45) is 4.36. The summed E-state index contributed by atoms with van der Waals surface area (Å²) in [6.45, 7) is 5.57. The van der Waals surface area contributed by atoms with E-state index in [1.165, 1.54) is 0 Å². The van der Waals surface area contributed by atoms with Crippen LogP contribution in [0.5, 0.6) is 0 Å². The largest absolute Gasteiger partial charge is 0.338 e. The van der Waals surface area contributed by atoms with Gasteiger partial charge in [0.25, 0.3) is 0 Å². The lowest BCUT2D eigenvalue weighted by atomic mass is 10.0. The van der Waals surface area contributed by atoms with Crippen LogP contribution in [-0.2, 0) is 21.4 Å². The summed E-state index contributed by atoms with van der Waals surface area (Å²) in [5.41, 5.74) is 2.08. The summed E-state index contributed by atoms with van der Waals surface area (Å²) in [7, 11) is -3.25. The van der Waals surface area contributed by atoms with Crippen LogP contribution >= 0.6 is 0 Å². The summed E-state index contributed by atoms with van der Waals surface area (Å²) in [4.78, 5) is 14.3. The Kier molecular flexibility index (Phi) is 5.80. The molecule has 0 aliphatic carbocycles. The number of carbonyl (C=O) groups excluding carboxylic acids is 1. The maximum atomic E-state index is 12.4. The molecule has 23 heavy (non-hydrogen) atoms. The van der Waals surface area contributed by atoms with Crippen molar-refractivity contribution in [2.75, 3.05) is 19.3 Å². The molecule has 1 aromatic rings. The van der Waals surface area contributed by atoms with E-state index in [1.807, 2.05) is 29.5 Å². The van der Waals surface area contributed by atoms with Crippen molar-refractivity contribution in [3.05, 3.63) is 17.5 Å². The third-order valence-electron chi connectivity index (χ3n) is 4.14. The molecule has 2 heterocycles. The molecule has 0 unspecified atom stereocenters. The second-order valence-electron chi connectivity index (χ2n) is 6.26. The van der Waals surface area contributed by atoms with E-state index in [0.29, 0.717) is 6.54 Å². The fourth-order valence-corrected chi connectivity index (χ4v) is 3.54. The Labute approximate surface area is 138 Å². The van der Waals surface area contributed by atoms with Crippen molar-refractivity contribution in [1.82, 2.24) is 19.4 Å². The monoisotopic (exact) mass is 342 g/mol. The predicted molar refractivity (Wildman–Crippen MR) is 88.5 cm³/mol. The minimum atomic E-state index is -3.25. The molecule has 1 N–H and O–H groups in total. The number of aryl methyl sites for hydroxylation is 2. The smallest absolute Gasteiger partial charge is 0.224 e. The van der Waals surface area contributed by atoms with E-state index in [2.05, 4.69) is 9.82 Å². The van der Waals surface area contributed by atoms with Crippen LogP contribution in [0, 0.1) is 13.8 Å². The quantitative estimate of drug-likeness (QED) is 0.829. The van der Waals surface area contributed by atoms with Gasteiger partial charge in [0.15, 0.2) is 0 Å². The first-order chi connectivity index (χ1) is 10.8. The van der Waals surface area contributed by atoms with Gasteiger partial charge >= 0.3 is 0 Å². The Hall–Kier alpha value is -1.41. The predicted octanol–water partition coefficient (Wildman–Crippen LogP) is 0.820. The maximum absolute atomic E-state index is 12.4. The number of amides is 1. The van der Waals surface area contributed by atoms with Gasteiger partial charge in [-0.3, -0.25) is 9.48 Å². The molecule has 7 nitrogen and oxygen atoms in total. The fraction of sp³-hybridized carbons (Fsp3) is 0.733. The summed E-state index contributed by atoms with van der Waals surface area (Å²) >= 11 is 0. The SMILES string of the molecule is Cc1cc(C)n(C[C@H]2CCCCN2C(=O)CCNS(C)(=O)=O)n1. The second-order valence-corrected chi connectivity index (χ2v) is 8.10. The molecule has 0 saturated carbocycles. The molecule has 2 rings (SSSR count). The zero-order chi connectivity index (χ0) is 17.0. The van der Waals surface area contributed by atoms with Crippen molar-refractivity contribution < 1.29 is 13.2 Å². The molecule has 130 valence electrons. The Balaban J connectivity index is 1.97. The number of nitrogens with zero attached hydrogens (tertiary/aromatic N) is 3. The highest BCUT2D eigenvalue weighted by atomic mass is 32.2. The van der Waals surface area contributed by atoms with E-state index in [4.69, 9.17) is 0 Å². The van der Waals surface area contributed by atoms with Gasteiger partial charge in [0, 0.05) is 25.2 Å². The van der Waals surface area contributed by atoms with Gasteiger partial charge in [-0.05, 0) is 39.2 Å². The molecule has 1 aromatic heterocycles. The average Bonchev–Trinajstić information content (AvgIpc) is 2.76. The van der Waals surface area contributed by atoms with E-state index in [0.717, 1.165) is 43.5 Å². The molecular formula is C15H26N4O3S. The first kappa shape index (κ1) is 17.9. The molecule has 1 amide bonds. The average molecular weight is 342 g/mol. The molecular weight excluding hydrogens is 316 g/mol. The number of piperidine rings is 1. The molecule has 1 aliphatic heterocycles. The number of sulfonamides is 1. The van der Waals surface area contributed by atoms with Gasteiger partial charge in [-0.15, -0.1) is 0 Å². The van der Waals surface area contributed by atoms with E-state index in [-0.39, 0.29) is 24.9 Å². The van der Waals surface area contributed by atoms with Crippen molar-refractivity contribution in [1.29, 1.82) is 0 Å². The van der Waals surface area contributed by atoms with Crippen molar-refractivity contribution in [3.63, 3.8) is 0 Å². The zero-order valence-corrected chi connectivity index (χ0v) is 14.9. The molecule has 8 heteroatoms. The van der Waals surface area contributed by atoms with Crippen LogP contribution in [0.2, 0.25) is 0 Å². The lowest BCUT2D eigenvalue weighted by Crippen LogP contribution is -2.46. The molecule has 0 spiro atoms. The molecule has 1 aliphatic rings. The van der Waals surface area contributed by atoms with E-state index >= 15 is 0 Å². The van der Waals surface area contributed by atoms with Crippen LogP contribution in [0.25, 0.3) is 0 Å². The van der Waals surface area contributed by atoms with Gasteiger partial charge in [0.2, 0.25) is 15.9 Å². The van der Waals surface area contributed by atoms with Gasteiger partial charge in [-0.25, -0.2) is 13.1 Å². The summed E-state index contributed by atoms with van der Waals surface area (Å²) in [6, 6.07) is 2.16. The van der Waals surface area contributed by atoms with E-state index in [9.17, 15) is 13.2 Å². The highest BCUT2D eigenvalue weighted by Crippen LogP contribution is 2.20. The number of likely N-dealkylation sites (tertiary alicyclic amines) is 1. The number of hydrogen-bond donors (Lipinski definition) is 1. The number of hydrogen-bond acceptors (Lipinski definition) is 4. The highest BCUT2D eigenvalue weighted by Gasteiger charge is 2.27. The summed E-state index contributed by atoms with van der Waals surface area (Å²) in [5.74, 6) is 0.00683. The topological polar surface area (TPSA) is 84.3 Å². The third kappa shape index (κ3) is 5.31. The van der Waals surface area contributed by atoms with Crippen LogP contribution in [-0.4, -0.2) is 54.4 Å². The molecule has 0 bridgehead atoms. The standard InChI is InChI=1S/C15H26N4O3S/c1-12-10-13(2)19(17-12)11-14-6-4-5-9-18(14)15(20)7-8-16-23(3,21)22/h10,14,16H,4-9,11H2,1-3H3/t14-/m1/s1. The normalized spacial score (nSPS) is 19.1.